The number of nitrogens with zero attached hydrogens (tertiary/aromatic N) is 1. The predicted molar refractivity (Wildman–Crippen MR) is 81.6 cm³/mol. The van der Waals surface area contributed by atoms with Gasteiger partial charge in [0.25, 0.3) is 0 Å². The van der Waals surface area contributed by atoms with E-state index in [4.69, 9.17) is 23.2 Å². The first-order valence-corrected chi connectivity index (χ1v) is 8.05. The quantitative estimate of drug-likeness (QED) is 0.855. The molecule has 20 heavy (non-hydrogen) atoms. The number of halogens is 2. The minimum atomic E-state index is -3.52. The van der Waals surface area contributed by atoms with E-state index < -0.39 is 10.0 Å². The molecule has 0 fully saturated rings. The molecular formula is C14H13Cl2NO2S. The van der Waals surface area contributed by atoms with Gasteiger partial charge >= 0.3 is 0 Å². The molecule has 0 aliphatic heterocycles. The molecule has 0 aliphatic rings. The number of hydrogen-bond acceptors (Lipinski definition) is 2. The van der Waals surface area contributed by atoms with Crippen LogP contribution in [0.1, 0.15) is 5.56 Å². The summed E-state index contributed by atoms with van der Waals surface area (Å²) in [4.78, 5) is 0.221. The zero-order valence-electron chi connectivity index (χ0n) is 10.8. The van der Waals surface area contributed by atoms with Crippen LogP contribution in [0.5, 0.6) is 0 Å². The summed E-state index contributed by atoms with van der Waals surface area (Å²) in [6.07, 6.45) is 0. The van der Waals surface area contributed by atoms with E-state index in [2.05, 4.69) is 0 Å². The monoisotopic (exact) mass is 329 g/mol. The van der Waals surface area contributed by atoms with E-state index in [1.807, 2.05) is 0 Å². The van der Waals surface area contributed by atoms with Gasteiger partial charge in [-0.05, 0) is 42.0 Å². The van der Waals surface area contributed by atoms with Gasteiger partial charge in [0.15, 0.2) is 0 Å². The molecule has 3 nitrogen and oxygen atoms in total. The number of sulfonamides is 1. The molecule has 0 atom stereocenters. The summed E-state index contributed by atoms with van der Waals surface area (Å²) in [7, 11) is -1.98. The van der Waals surface area contributed by atoms with Gasteiger partial charge in [0, 0.05) is 23.6 Å². The van der Waals surface area contributed by atoms with Crippen molar-refractivity contribution in [3.05, 3.63) is 64.1 Å². The van der Waals surface area contributed by atoms with Crippen LogP contribution in [-0.2, 0) is 16.6 Å². The molecule has 2 aromatic carbocycles. The zero-order valence-corrected chi connectivity index (χ0v) is 13.1. The first-order valence-electron chi connectivity index (χ1n) is 5.86. The highest BCUT2D eigenvalue weighted by molar-refractivity contribution is 7.89. The summed E-state index contributed by atoms with van der Waals surface area (Å²) in [5, 5.41) is 1.13. The molecule has 0 N–H and O–H groups in total. The van der Waals surface area contributed by atoms with E-state index in [0.717, 1.165) is 5.56 Å². The maximum absolute atomic E-state index is 12.4. The third-order valence-electron chi connectivity index (χ3n) is 2.84. The summed E-state index contributed by atoms with van der Waals surface area (Å²) < 4.78 is 26.0. The molecular weight excluding hydrogens is 317 g/mol. The van der Waals surface area contributed by atoms with Crippen molar-refractivity contribution in [1.82, 2.24) is 4.31 Å². The lowest BCUT2D eigenvalue weighted by Crippen LogP contribution is -2.26. The van der Waals surface area contributed by atoms with E-state index in [1.54, 1.807) is 43.4 Å². The average Bonchev–Trinajstić information content (AvgIpc) is 2.42. The zero-order chi connectivity index (χ0) is 14.8. The molecule has 0 saturated carbocycles. The van der Waals surface area contributed by atoms with Crippen LogP contribution in [0.3, 0.4) is 0 Å². The van der Waals surface area contributed by atoms with Crippen LogP contribution in [-0.4, -0.2) is 19.8 Å². The van der Waals surface area contributed by atoms with E-state index in [1.165, 1.54) is 16.4 Å². The van der Waals surface area contributed by atoms with Gasteiger partial charge in [0.1, 0.15) is 0 Å². The van der Waals surface area contributed by atoms with Gasteiger partial charge in [-0.3, -0.25) is 0 Å². The van der Waals surface area contributed by atoms with E-state index in [-0.39, 0.29) is 11.4 Å². The first-order chi connectivity index (χ1) is 9.39. The summed E-state index contributed by atoms with van der Waals surface area (Å²) in [6, 6.07) is 13.2. The van der Waals surface area contributed by atoms with E-state index >= 15 is 0 Å². The largest absolute Gasteiger partial charge is 0.243 e. The first kappa shape index (κ1) is 15.3. The number of rotatable bonds is 4. The number of hydrogen-bond donors (Lipinski definition) is 0. The smallest absolute Gasteiger partial charge is 0.207 e. The molecule has 0 amide bonds. The molecule has 2 rings (SSSR count). The minimum Gasteiger partial charge on any atom is -0.207 e. The Bertz CT molecular complexity index is 682. The molecule has 6 heteroatoms. The lowest BCUT2D eigenvalue weighted by molar-refractivity contribution is 0.467. The Balaban J connectivity index is 2.21. The molecule has 0 bridgehead atoms. The Morgan fingerprint density at radius 1 is 0.900 bits per heavy atom. The predicted octanol–water partition coefficient (Wildman–Crippen LogP) is 3.81. The van der Waals surface area contributed by atoms with Crippen molar-refractivity contribution < 1.29 is 8.42 Å². The molecule has 0 heterocycles. The third-order valence-corrected chi connectivity index (χ3v) is 5.16. The standard InChI is InChI=1S/C14H13Cl2NO2S/c1-17(10-11-2-4-12(15)5-3-11)20(18,19)14-8-6-13(16)7-9-14/h2-9H,10H2,1H3. The Kier molecular flexibility index (Phi) is 4.70. The van der Waals surface area contributed by atoms with Crippen molar-refractivity contribution in [1.29, 1.82) is 0 Å². The topological polar surface area (TPSA) is 37.4 Å². The van der Waals surface area contributed by atoms with Crippen LogP contribution in [0.2, 0.25) is 10.0 Å². The normalized spacial score (nSPS) is 11.8. The molecule has 0 unspecified atom stereocenters. The molecule has 0 radical (unpaired) electrons. The van der Waals surface area contributed by atoms with Crippen LogP contribution >= 0.6 is 23.2 Å². The molecule has 0 saturated heterocycles. The highest BCUT2D eigenvalue weighted by atomic mass is 35.5. The van der Waals surface area contributed by atoms with Crippen LogP contribution in [0.25, 0.3) is 0 Å². The lowest BCUT2D eigenvalue weighted by atomic mass is 10.2. The van der Waals surface area contributed by atoms with Gasteiger partial charge in [-0.15, -0.1) is 0 Å². The second-order valence-electron chi connectivity index (χ2n) is 4.34. The Morgan fingerprint density at radius 3 is 1.85 bits per heavy atom. The fourth-order valence-electron chi connectivity index (χ4n) is 1.72. The molecule has 0 spiro atoms. The SMILES string of the molecule is CN(Cc1ccc(Cl)cc1)S(=O)(=O)c1ccc(Cl)cc1. The second-order valence-corrected chi connectivity index (χ2v) is 7.26. The summed E-state index contributed by atoms with van der Waals surface area (Å²) in [5.74, 6) is 0. The third kappa shape index (κ3) is 3.52. The summed E-state index contributed by atoms with van der Waals surface area (Å²) in [6.45, 7) is 0.280. The van der Waals surface area contributed by atoms with Crippen molar-refractivity contribution >= 4 is 33.2 Å². The maximum Gasteiger partial charge on any atom is 0.243 e. The van der Waals surface area contributed by atoms with Crippen molar-refractivity contribution in [2.45, 2.75) is 11.4 Å². The van der Waals surface area contributed by atoms with E-state index in [9.17, 15) is 8.42 Å². The van der Waals surface area contributed by atoms with Crippen LogP contribution in [0.4, 0.5) is 0 Å². The lowest BCUT2D eigenvalue weighted by Gasteiger charge is -2.17. The van der Waals surface area contributed by atoms with Gasteiger partial charge in [-0.25, -0.2) is 8.42 Å². The maximum atomic E-state index is 12.4. The van der Waals surface area contributed by atoms with Gasteiger partial charge in [0.2, 0.25) is 10.0 Å². The fraction of sp³-hybridized carbons (Fsp3) is 0.143. The van der Waals surface area contributed by atoms with Gasteiger partial charge < -0.3 is 0 Å². The molecule has 106 valence electrons. The minimum absolute atomic E-state index is 0.221. The fourth-order valence-corrected chi connectivity index (χ4v) is 3.13. The summed E-state index contributed by atoms with van der Waals surface area (Å²) >= 11 is 11.6. The van der Waals surface area contributed by atoms with Gasteiger partial charge in [-0.1, -0.05) is 35.3 Å². The van der Waals surface area contributed by atoms with Crippen LogP contribution in [0, 0.1) is 0 Å². The van der Waals surface area contributed by atoms with Crippen molar-refractivity contribution in [2.75, 3.05) is 7.05 Å². The highest BCUT2D eigenvalue weighted by Crippen LogP contribution is 2.19. The van der Waals surface area contributed by atoms with Crippen LogP contribution < -0.4 is 0 Å². The van der Waals surface area contributed by atoms with Crippen molar-refractivity contribution in [2.24, 2.45) is 0 Å². The van der Waals surface area contributed by atoms with Crippen molar-refractivity contribution in [3.63, 3.8) is 0 Å². The molecule has 0 aromatic heterocycles. The Labute approximate surface area is 128 Å². The van der Waals surface area contributed by atoms with Crippen LogP contribution in [0.15, 0.2) is 53.4 Å². The highest BCUT2D eigenvalue weighted by Gasteiger charge is 2.20. The average molecular weight is 330 g/mol. The second kappa shape index (κ2) is 6.14. The molecule has 0 aliphatic carbocycles. The van der Waals surface area contributed by atoms with Gasteiger partial charge in [-0.2, -0.15) is 4.31 Å². The Morgan fingerprint density at radius 2 is 1.35 bits per heavy atom. The molecule has 2 aromatic rings. The number of benzene rings is 2. The van der Waals surface area contributed by atoms with E-state index in [0.29, 0.717) is 10.0 Å². The van der Waals surface area contributed by atoms with Gasteiger partial charge in [0.05, 0.1) is 4.90 Å². The Hall–Kier alpha value is -1.07. The van der Waals surface area contributed by atoms with Crippen molar-refractivity contribution in [3.8, 4) is 0 Å². The summed E-state index contributed by atoms with van der Waals surface area (Å²) in [5.41, 5.74) is 0.870.